The van der Waals surface area contributed by atoms with Crippen LogP contribution in [0.2, 0.25) is 0 Å². The van der Waals surface area contributed by atoms with Crippen molar-refractivity contribution in [1.29, 1.82) is 0 Å². The van der Waals surface area contributed by atoms with Crippen LogP contribution in [-0.2, 0) is 0 Å². The number of nitrogens with one attached hydrogen (secondary N) is 1. The number of hydrogen-bond donors (Lipinski definition) is 1. The van der Waals surface area contributed by atoms with Crippen LogP contribution in [-0.4, -0.2) is 22.3 Å². The van der Waals surface area contributed by atoms with Gasteiger partial charge in [-0.15, -0.1) is 11.3 Å². The van der Waals surface area contributed by atoms with E-state index in [9.17, 15) is 13.6 Å². The van der Waals surface area contributed by atoms with E-state index in [1.807, 2.05) is 37.3 Å². The molecule has 2 aromatic carbocycles. The van der Waals surface area contributed by atoms with Gasteiger partial charge in [-0.2, -0.15) is 13.9 Å². The zero-order valence-electron chi connectivity index (χ0n) is 14.7. The minimum atomic E-state index is -2.97. The van der Waals surface area contributed by atoms with Gasteiger partial charge in [0.1, 0.15) is 10.6 Å². The summed E-state index contributed by atoms with van der Waals surface area (Å²) in [5.41, 5.74) is 1.88. The van der Waals surface area contributed by atoms with Gasteiger partial charge < -0.3 is 10.1 Å². The lowest BCUT2D eigenvalue weighted by atomic mass is 10.2. The number of benzene rings is 2. The molecule has 0 aliphatic rings. The Hall–Kier alpha value is -3.26. The highest BCUT2D eigenvalue weighted by Gasteiger charge is 2.18. The molecule has 4 rings (SSSR count). The molecule has 0 aliphatic carbocycles. The molecule has 0 saturated heterocycles. The number of thiophene rings is 1. The fourth-order valence-electron chi connectivity index (χ4n) is 2.86. The summed E-state index contributed by atoms with van der Waals surface area (Å²) in [6.45, 7) is -1.09. The molecule has 1 amide bonds. The van der Waals surface area contributed by atoms with Gasteiger partial charge in [-0.05, 0) is 37.3 Å². The van der Waals surface area contributed by atoms with Crippen LogP contribution in [0.3, 0.4) is 0 Å². The Morgan fingerprint density at radius 2 is 1.86 bits per heavy atom. The monoisotopic (exact) mass is 399 g/mol. The van der Waals surface area contributed by atoms with Crippen molar-refractivity contribution < 1.29 is 18.3 Å². The summed E-state index contributed by atoms with van der Waals surface area (Å²) in [5, 5.41) is 8.06. The van der Waals surface area contributed by atoms with Crippen LogP contribution in [0, 0.1) is 6.92 Å². The van der Waals surface area contributed by atoms with Crippen LogP contribution in [0.4, 0.5) is 14.5 Å². The van der Waals surface area contributed by atoms with Crippen molar-refractivity contribution in [2.75, 3.05) is 5.32 Å². The van der Waals surface area contributed by atoms with Crippen molar-refractivity contribution in [2.45, 2.75) is 13.5 Å². The van der Waals surface area contributed by atoms with Crippen LogP contribution < -0.4 is 10.1 Å². The van der Waals surface area contributed by atoms with E-state index in [-0.39, 0.29) is 11.4 Å². The molecule has 28 heavy (non-hydrogen) atoms. The number of carbonyl (C=O) groups is 1. The number of carbonyl (C=O) groups excluding carboxylic acids is 1. The SMILES string of the molecule is Cc1nn(-c2ccccc2)c2sc(C(=O)Nc3ccccc3OC(F)F)cc12. The van der Waals surface area contributed by atoms with Crippen molar-refractivity contribution in [3.05, 3.63) is 71.2 Å². The van der Waals surface area contributed by atoms with Crippen LogP contribution in [0.5, 0.6) is 5.75 Å². The fraction of sp³-hybridized carbons (Fsp3) is 0.100. The first kappa shape index (κ1) is 18.1. The normalized spacial score (nSPS) is 11.1. The molecule has 0 radical (unpaired) electrons. The van der Waals surface area contributed by atoms with E-state index < -0.39 is 12.5 Å². The highest BCUT2D eigenvalue weighted by atomic mass is 32.1. The highest BCUT2D eigenvalue weighted by molar-refractivity contribution is 7.20. The van der Waals surface area contributed by atoms with E-state index in [0.29, 0.717) is 4.88 Å². The van der Waals surface area contributed by atoms with Crippen LogP contribution in [0.1, 0.15) is 15.4 Å². The molecule has 4 aromatic rings. The van der Waals surface area contributed by atoms with Gasteiger partial charge >= 0.3 is 6.61 Å². The number of amides is 1. The summed E-state index contributed by atoms with van der Waals surface area (Å²) in [7, 11) is 0. The number of hydrogen-bond acceptors (Lipinski definition) is 4. The third-order valence-electron chi connectivity index (χ3n) is 4.12. The van der Waals surface area contributed by atoms with E-state index in [1.165, 1.54) is 23.5 Å². The first-order chi connectivity index (χ1) is 13.5. The second-order valence-corrected chi connectivity index (χ2v) is 7.02. The number of fused-ring (bicyclic) bond motifs is 1. The molecule has 0 unspecified atom stereocenters. The van der Waals surface area contributed by atoms with E-state index in [0.717, 1.165) is 21.6 Å². The van der Waals surface area contributed by atoms with E-state index in [2.05, 4.69) is 15.2 Å². The van der Waals surface area contributed by atoms with Crippen molar-refractivity contribution in [2.24, 2.45) is 0 Å². The Bertz CT molecular complexity index is 1140. The Morgan fingerprint density at radius 3 is 2.61 bits per heavy atom. The lowest BCUT2D eigenvalue weighted by Gasteiger charge is -2.10. The minimum Gasteiger partial charge on any atom is -0.433 e. The van der Waals surface area contributed by atoms with Crippen LogP contribution in [0.15, 0.2) is 60.7 Å². The molecular weight excluding hydrogens is 384 g/mol. The summed E-state index contributed by atoms with van der Waals surface area (Å²) in [6, 6.07) is 17.5. The van der Waals surface area contributed by atoms with E-state index in [1.54, 1.807) is 22.9 Å². The number of alkyl halides is 2. The predicted octanol–water partition coefficient (Wildman–Crippen LogP) is 5.25. The molecule has 8 heteroatoms. The Morgan fingerprint density at radius 1 is 1.14 bits per heavy atom. The molecule has 0 atom stereocenters. The number of nitrogens with zero attached hydrogens (tertiary/aromatic N) is 2. The third-order valence-corrected chi connectivity index (χ3v) is 5.23. The summed E-state index contributed by atoms with van der Waals surface area (Å²) < 4.78 is 31.4. The Labute approximate surface area is 163 Å². The maximum absolute atomic E-state index is 12.7. The largest absolute Gasteiger partial charge is 0.433 e. The number of halogens is 2. The number of ether oxygens (including phenoxy) is 1. The lowest BCUT2D eigenvalue weighted by Crippen LogP contribution is -2.12. The van der Waals surface area contributed by atoms with Gasteiger partial charge in [0.25, 0.3) is 5.91 Å². The standard InChI is InChI=1S/C20H15F2N3O2S/c1-12-14-11-17(28-19(14)25(24-12)13-7-3-2-4-8-13)18(26)23-15-9-5-6-10-16(15)27-20(21)22/h2-11,20H,1H3,(H,23,26). The quantitative estimate of drug-likeness (QED) is 0.499. The predicted molar refractivity (Wildman–Crippen MR) is 105 cm³/mol. The highest BCUT2D eigenvalue weighted by Crippen LogP contribution is 2.32. The van der Waals surface area contributed by atoms with Crippen LogP contribution >= 0.6 is 11.3 Å². The summed E-state index contributed by atoms with van der Waals surface area (Å²) >= 11 is 1.29. The number of aromatic nitrogens is 2. The van der Waals surface area contributed by atoms with Crippen molar-refractivity contribution in [1.82, 2.24) is 9.78 Å². The number of para-hydroxylation sites is 3. The van der Waals surface area contributed by atoms with Gasteiger partial charge in [0, 0.05) is 5.39 Å². The van der Waals surface area contributed by atoms with Gasteiger partial charge in [-0.3, -0.25) is 4.79 Å². The van der Waals surface area contributed by atoms with Gasteiger partial charge in [-0.1, -0.05) is 30.3 Å². The molecule has 0 saturated carbocycles. The minimum absolute atomic E-state index is 0.0846. The zero-order chi connectivity index (χ0) is 19.7. The molecule has 2 aromatic heterocycles. The van der Waals surface area contributed by atoms with Crippen LogP contribution in [0.25, 0.3) is 15.9 Å². The maximum atomic E-state index is 12.7. The molecule has 2 heterocycles. The maximum Gasteiger partial charge on any atom is 0.387 e. The van der Waals surface area contributed by atoms with Gasteiger partial charge in [0.15, 0.2) is 0 Å². The lowest BCUT2D eigenvalue weighted by molar-refractivity contribution is -0.0493. The van der Waals surface area contributed by atoms with Crippen molar-refractivity contribution >= 4 is 33.1 Å². The zero-order valence-corrected chi connectivity index (χ0v) is 15.5. The first-order valence-corrected chi connectivity index (χ1v) is 9.24. The molecule has 1 N–H and O–H groups in total. The number of rotatable bonds is 5. The summed E-state index contributed by atoms with van der Waals surface area (Å²) in [5.74, 6) is -0.482. The third kappa shape index (κ3) is 3.46. The second kappa shape index (κ2) is 7.40. The van der Waals surface area contributed by atoms with Gasteiger partial charge in [0.2, 0.25) is 0 Å². The average Bonchev–Trinajstić information content (AvgIpc) is 3.24. The first-order valence-electron chi connectivity index (χ1n) is 8.42. The molecule has 5 nitrogen and oxygen atoms in total. The molecule has 142 valence electrons. The smallest absolute Gasteiger partial charge is 0.387 e. The summed E-state index contributed by atoms with van der Waals surface area (Å²) in [6.07, 6.45) is 0. The van der Waals surface area contributed by atoms with Crippen molar-refractivity contribution in [3.8, 4) is 11.4 Å². The second-order valence-electron chi connectivity index (χ2n) is 5.99. The molecule has 0 bridgehead atoms. The van der Waals surface area contributed by atoms with Crippen molar-refractivity contribution in [3.63, 3.8) is 0 Å². The fourth-order valence-corrected chi connectivity index (χ4v) is 3.93. The van der Waals surface area contributed by atoms with Gasteiger partial charge in [0.05, 0.1) is 21.9 Å². The Balaban J connectivity index is 1.66. The molecule has 0 spiro atoms. The number of anilines is 1. The average molecular weight is 399 g/mol. The molecule has 0 aliphatic heterocycles. The van der Waals surface area contributed by atoms with E-state index >= 15 is 0 Å². The van der Waals surface area contributed by atoms with Gasteiger partial charge in [-0.25, -0.2) is 4.68 Å². The number of aryl methyl sites for hydroxylation is 1. The Kier molecular flexibility index (Phi) is 4.79. The summed E-state index contributed by atoms with van der Waals surface area (Å²) in [4.78, 5) is 14.0. The molecular formula is C20H15F2N3O2S. The molecule has 0 fully saturated rings. The van der Waals surface area contributed by atoms with E-state index in [4.69, 9.17) is 0 Å². The topological polar surface area (TPSA) is 56.2 Å².